The fraction of sp³-hybridized carbons (Fsp3) is 0.769. The average molecular weight is 301 g/mol. The van der Waals surface area contributed by atoms with Crippen LogP contribution in [0.4, 0.5) is 5.82 Å². The Labute approximate surface area is 120 Å². The molecule has 1 saturated heterocycles. The minimum absolute atomic E-state index is 0.119. The molecule has 1 aliphatic rings. The van der Waals surface area contributed by atoms with Crippen LogP contribution in [-0.4, -0.2) is 43.4 Å². The van der Waals surface area contributed by atoms with E-state index in [1.54, 1.807) is 11.8 Å². The summed E-state index contributed by atoms with van der Waals surface area (Å²) in [7, 11) is -1.28. The maximum absolute atomic E-state index is 11.6. The number of ether oxygens (including phenoxy) is 1. The first-order valence-electron chi connectivity index (χ1n) is 7.03. The van der Waals surface area contributed by atoms with Gasteiger partial charge in [0.25, 0.3) is 0 Å². The summed E-state index contributed by atoms with van der Waals surface area (Å²) in [6.45, 7) is 2.69. The van der Waals surface area contributed by atoms with Crippen LogP contribution in [0.2, 0.25) is 0 Å². The molecule has 7 heteroatoms. The topological polar surface area (TPSA) is 87.2 Å². The van der Waals surface area contributed by atoms with Gasteiger partial charge in [0.15, 0.2) is 9.84 Å². The van der Waals surface area contributed by atoms with Gasteiger partial charge in [-0.2, -0.15) is 5.10 Å². The normalized spacial score (nSPS) is 21.4. The number of nitrogens with zero attached hydrogens (tertiary/aromatic N) is 2. The van der Waals surface area contributed by atoms with E-state index < -0.39 is 9.84 Å². The molecule has 0 radical (unpaired) electrons. The van der Waals surface area contributed by atoms with Crippen LogP contribution in [0, 0.1) is 0 Å². The highest BCUT2D eigenvalue weighted by Crippen LogP contribution is 2.29. The first kappa shape index (κ1) is 15.3. The number of nitrogens with two attached hydrogens (primary N) is 1. The minimum atomic E-state index is -2.93. The van der Waals surface area contributed by atoms with Gasteiger partial charge in [-0.25, -0.2) is 13.1 Å². The van der Waals surface area contributed by atoms with Gasteiger partial charge < -0.3 is 10.5 Å². The molecule has 0 amide bonds. The largest absolute Gasteiger partial charge is 0.384 e. The number of nitrogen functional groups attached to an aromatic ring is 1. The van der Waals surface area contributed by atoms with Gasteiger partial charge in [0, 0.05) is 19.1 Å². The summed E-state index contributed by atoms with van der Waals surface area (Å²) in [6, 6.07) is -0.119. The molecule has 2 N–H and O–H groups in total. The zero-order chi connectivity index (χ0) is 14.8. The van der Waals surface area contributed by atoms with E-state index in [1.807, 2.05) is 0 Å². The summed E-state index contributed by atoms with van der Waals surface area (Å²) in [6.07, 6.45) is 3.16. The smallest absolute Gasteiger partial charge is 0.152 e. The molecule has 1 fully saturated rings. The van der Waals surface area contributed by atoms with Crippen molar-refractivity contribution in [1.82, 2.24) is 9.78 Å². The third kappa shape index (κ3) is 3.15. The lowest BCUT2D eigenvalue weighted by atomic mass is 10.1. The van der Waals surface area contributed by atoms with Crippen molar-refractivity contribution in [3.8, 4) is 0 Å². The average Bonchev–Trinajstić information content (AvgIpc) is 2.90. The zero-order valence-corrected chi connectivity index (χ0v) is 12.9. The lowest BCUT2D eigenvalue weighted by Gasteiger charge is -2.10. The third-order valence-electron chi connectivity index (χ3n) is 3.73. The Hall–Kier alpha value is -1.08. The van der Waals surface area contributed by atoms with E-state index in [-0.39, 0.29) is 17.5 Å². The summed E-state index contributed by atoms with van der Waals surface area (Å²) in [5, 5.41) is 4.56. The van der Waals surface area contributed by atoms with E-state index in [9.17, 15) is 8.42 Å². The lowest BCUT2D eigenvalue weighted by molar-refractivity contribution is 0.201. The van der Waals surface area contributed by atoms with E-state index in [4.69, 9.17) is 10.5 Å². The Morgan fingerprint density at radius 3 is 2.75 bits per heavy atom. The molecular weight excluding hydrogens is 278 g/mol. The van der Waals surface area contributed by atoms with Crippen LogP contribution >= 0.6 is 0 Å². The Morgan fingerprint density at radius 1 is 1.45 bits per heavy atom. The summed E-state index contributed by atoms with van der Waals surface area (Å²) in [5.41, 5.74) is 8.19. The highest BCUT2D eigenvalue weighted by Gasteiger charge is 2.32. The first-order valence-corrected chi connectivity index (χ1v) is 8.85. The summed E-state index contributed by atoms with van der Waals surface area (Å²) < 4.78 is 30.0. The van der Waals surface area contributed by atoms with Crippen molar-refractivity contribution in [3.63, 3.8) is 0 Å². The molecule has 1 unspecified atom stereocenters. The highest BCUT2D eigenvalue weighted by molar-refractivity contribution is 7.91. The molecule has 20 heavy (non-hydrogen) atoms. The Balaban J connectivity index is 2.29. The Bertz CT molecular complexity index is 566. The van der Waals surface area contributed by atoms with Gasteiger partial charge in [-0.1, -0.05) is 13.3 Å². The highest BCUT2D eigenvalue weighted by atomic mass is 32.2. The quantitative estimate of drug-likeness (QED) is 0.846. The molecule has 0 aromatic carbocycles. The number of sulfone groups is 1. The van der Waals surface area contributed by atoms with Crippen molar-refractivity contribution < 1.29 is 13.2 Å². The third-order valence-corrected chi connectivity index (χ3v) is 5.48. The number of hydrogen-bond acceptors (Lipinski definition) is 5. The van der Waals surface area contributed by atoms with Gasteiger partial charge in [0.2, 0.25) is 0 Å². The molecule has 1 aromatic rings. The van der Waals surface area contributed by atoms with Crippen LogP contribution in [0.3, 0.4) is 0 Å². The zero-order valence-electron chi connectivity index (χ0n) is 12.1. The molecule has 1 aliphatic heterocycles. The van der Waals surface area contributed by atoms with Crippen molar-refractivity contribution in [1.29, 1.82) is 0 Å². The van der Waals surface area contributed by atoms with Gasteiger partial charge in [0.05, 0.1) is 29.8 Å². The van der Waals surface area contributed by atoms with Crippen molar-refractivity contribution in [2.24, 2.45) is 0 Å². The maximum Gasteiger partial charge on any atom is 0.152 e. The molecule has 0 spiro atoms. The van der Waals surface area contributed by atoms with Crippen LogP contribution in [0.5, 0.6) is 0 Å². The SMILES string of the molecule is CCCc1c(CCOC)nn(C2CCS(=O)(=O)C2)c1N. The second kappa shape index (κ2) is 6.13. The second-order valence-corrected chi connectivity index (χ2v) is 7.53. The van der Waals surface area contributed by atoms with Gasteiger partial charge in [-0.15, -0.1) is 0 Å². The molecule has 0 bridgehead atoms. The fourth-order valence-electron chi connectivity index (χ4n) is 2.70. The summed E-state index contributed by atoms with van der Waals surface area (Å²) in [4.78, 5) is 0. The number of methoxy groups -OCH3 is 1. The van der Waals surface area contributed by atoms with Gasteiger partial charge >= 0.3 is 0 Å². The van der Waals surface area contributed by atoms with E-state index in [1.165, 1.54) is 0 Å². The van der Waals surface area contributed by atoms with E-state index in [0.29, 0.717) is 25.3 Å². The molecule has 1 atom stereocenters. The van der Waals surface area contributed by atoms with Crippen LogP contribution in [0.1, 0.15) is 37.1 Å². The van der Waals surface area contributed by atoms with Gasteiger partial charge in [0.1, 0.15) is 5.82 Å². The molecule has 1 aromatic heterocycles. The maximum atomic E-state index is 11.6. The van der Waals surface area contributed by atoms with E-state index in [0.717, 1.165) is 24.1 Å². The first-order chi connectivity index (χ1) is 9.48. The Kier molecular flexibility index (Phi) is 4.70. The van der Waals surface area contributed by atoms with Crippen LogP contribution in [0.25, 0.3) is 0 Å². The molecule has 2 heterocycles. The molecule has 2 rings (SSSR count). The van der Waals surface area contributed by atoms with Crippen molar-refractivity contribution in [2.75, 3.05) is 31.0 Å². The van der Waals surface area contributed by atoms with Crippen molar-refractivity contribution in [2.45, 2.75) is 38.6 Å². The van der Waals surface area contributed by atoms with E-state index >= 15 is 0 Å². The number of aromatic nitrogens is 2. The summed E-state index contributed by atoms with van der Waals surface area (Å²) in [5.74, 6) is 1.00. The number of rotatable bonds is 6. The standard InChI is InChI=1S/C13H23N3O3S/c1-3-4-11-12(5-7-19-2)15-16(13(11)14)10-6-8-20(17,18)9-10/h10H,3-9,14H2,1-2H3. The lowest BCUT2D eigenvalue weighted by Crippen LogP contribution is -2.15. The monoisotopic (exact) mass is 301 g/mol. The summed E-state index contributed by atoms with van der Waals surface area (Å²) >= 11 is 0. The second-order valence-electron chi connectivity index (χ2n) is 5.30. The van der Waals surface area contributed by atoms with Gasteiger partial charge in [-0.05, 0) is 12.8 Å². The number of anilines is 1. The Morgan fingerprint density at radius 2 is 2.20 bits per heavy atom. The number of hydrogen-bond donors (Lipinski definition) is 1. The molecular formula is C13H23N3O3S. The predicted molar refractivity (Wildman–Crippen MR) is 78.5 cm³/mol. The molecule has 0 aliphatic carbocycles. The van der Waals surface area contributed by atoms with Crippen molar-refractivity contribution >= 4 is 15.7 Å². The van der Waals surface area contributed by atoms with Crippen LogP contribution in [0.15, 0.2) is 0 Å². The van der Waals surface area contributed by atoms with Gasteiger partial charge in [-0.3, -0.25) is 0 Å². The predicted octanol–water partition coefficient (Wildman–Crippen LogP) is 0.966. The fourth-order valence-corrected chi connectivity index (χ4v) is 4.39. The van der Waals surface area contributed by atoms with Crippen LogP contribution < -0.4 is 5.73 Å². The molecule has 6 nitrogen and oxygen atoms in total. The van der Waals surface area contributed by atoms with Crippen molar-refractivity contribution in [3.05, 3.63) is 11.3 Å². The molecule has 114 valence electrons. The minimum Gasteiger partial charge on any atom is -0.384 e. The van der Waals surface area contributed by atoms with E-state index in [2.05, 4.69) is 12.0 Å². The molecule has 0 saturated carbocycles. The van der Waals surface area contributed by atoms with Crippen LogP contribution in [-0.2, 0) is 27.4 Å².